The monoisotopic (exact) mass is 440 g/mol. The molecule has 1 unspecified atom stereocenters. The van der Waals surface area contributed by atoms with Crippen LogP contribution in [0.1, 0.15) is 82.6 Å². The van der Waals surface area contributed by atoms with Crippen LogP contribution in [-0.4, -0.2) is 39.6 Å². The Kier molecular flexibility index (Phi) is 6.01. The van der Waals surface area contributed by atoms with Crippen molar-refractivity contribution in [3.63, 3.8) is 0 Å². The maximum absolute atomic E-state index is 13.0. The largest absolute Gasteiger partial charge is 0.508 e. The molecule has 1 fully saturated rings. The summed E-state index contributed by atoms with van der Waals surface area (Å²) in [6.45, 7) is 9.81. The lowest BCUT2D eigenvalue weighted by Crippen LogP contribution is -2.40. The van der Waals surface area contributed by atoms with E-state index in [4.69, 9.17) is 9.47 Å². The number of cyclic esters (lactones) is 1. The zero-order valence-electron chi connectivity index (χ0n) is 19.9. The molecule has 4 atom stereocenters. The third kappa shape index (κ3) is 4.65. The topological polar surface area (TPSA) is 79.3 Å². The molecule has 32 heavy (non-hydrogen) atoms. The summed E-state index contributed by atoms with van der Waals surface area (Å²) in [5.74, 6) is 0.0764. The predicted octanol–water partition coefficient (Wildman–Crippen LogP) is 5.25. The summed E-state index contributed by atoms with van der Waals surface area (Å²) >= 11 is 0. The first-order valence-electron chi connectivity index (χ1n) is 11.8. The van der Waals surface area contributed by atoms with E-state index in [0.717, 1.165) is 24.8 Å². The lowest BCUT2D eigenvalue weighted by molar-refractivity contribution is -0.0694. The smallest absolute Gasteiger partial charge is 0.338 e. The van der Waals surface area contributed by atoms with Gasteiger partial charge in [-0.05, 0) is 96.9 Å². The molecule has 2 heterocycles. The Hall–Kier alpha value is -2.11. The fourth-order valence-corrected chi connectivity index (χ4v) is 5.24. The van der Waals surface area contributed by atoms with Crippen LogP contribution < -0.4 is 0 Å². The molecule has 2 N–H and O–H groups in total. The average molecular weight is 441 g/mol. The quantitative estimate of drug-likeness (QED) is 0.354. The molecule has 2 bridgehead atoms. The standard InChI is InChI=1S/C27H36O5/c1-16-7-11-24-27(5,32-24)13-12-23(26(3,4)30)31-25(29)18-8-10-22(28)19(14-18)15-21-17(2)6-9-20(16)21/h7-8,10,14,20,23-24,28,30H,6,9,11-13,15H2,1-5H3/b16-7+/t20?,23-,24-,27-/m0/s1. The Bertz CT molecular complexity index is 967. The van der Waals surface area contributed by atoms with Crippen molar-refractivity contribution in [3.8, 4) is 5.75 Å². The van der Waals surface area contributed by atoms with Crippen molar-refractivity contribution in [1.29, 1.82) is 0 Å². The van der Waals surface area contributed by atoms with E-state index in [1.807, 2.05) is 0 Å². The number of epoxide rings is 1. The third-order valence-corrected chi connectivity index (χ3v) is 7.65. The second kappa shape index (κ2) is 8.35. The van der Waals surface area contributed by atoms with E-state index >= 15 is 0 Å². The number of benzene rings is 1. The van der Waals surface area contributed by atoms with Crippen LogP contribution >= 0.6 is 0 Å². The molecular formula is C27H36O5. The molecule has 174 valence electrons. The summed E-state index contributed by atoms with van der Waals surface area (Å²) in [6, 6.07) is 4.90. The Balaban J connectivity index is 1.71. The first kappa shape index (κ1) is 23.1. The number of aliphatic hydroxyl groups is 1. The lowest BCUT2D eigenvalue weighted by atomic mass is 9.86. The number of esters is 1. The number of rotatable bonds is 1. The molecule has 0 radical (unpaired) electrons. The molecule has 0 amide bonds. The number of ether oxygens (including phenoxy) is 2. The summed E-state index contributed by atoms with van der Waals surface area (Å²) < 4.78 is 11.8. The van der Waals surface area contributed by atoms with Gasteiger partial charge in [-0.2, -0.15) is 0 Å². The van der Waals surface area contributed by atoms with Gasteiger partial charge in [-0.3, -0.25) is 0 Å². The molecule has 0 aromatic heterocycles. The number of phenols is 1. The first-order chi connectivity index (χ1) is 15.0. The lowest BCUT2D eigenvalue weighted by Gasteiger charge is -2.30. The number of hydrogen-bond donors (Lipinski definition) is 2. The van der Waals surface area contributed by atoms with Crippen molar-refractivity contribution in [1.82, 2.24) is 0 Å². The van der Waals surface area contributed by atoms with E-state index in [9.17, 15) is 15.0 Å². The summed E-state index contributed by atoms with van der Waals surface area (Å²) in [7, 11) is 0. The van der Waals surface area contributed by atoms with Crippen LogP contribution in [0, 0.1) is 5.92 Å². The van der Waals surface area contributed by atoms with Crippen LogP contribution in [0.4, 0.5) is 0 Å². The van der Waals surface area contributed by atoms with Gasteiger partial charge in [0.2, 0.25) is 0 Å². The minimum absolute atomic E-state index is 0.148. The molecule has 1 aromatic carbocycles. The van der Waals surface area contributed by atoms with Crippen LogP contribution in [-0.2, 0) is 15.9 Å². The van der Waals surface area contributed by atoms with Crippen LogP contribution in [0.2, 0.25) is 0 Å². The van der Waals surface area contributed by atoms with Gasteiger partial charge < -0.3 is 19.7 Å². The van der Waals surface area contributed by atoms with Gasteiger partial charge in [0.1, 0.15) is 11.9 Å². The fourth-order valence-electron chi connectivity index (χ4n) is 5.24. The van der Waals surface area contributed by atoms with E-state index < -0.39 is 17.7 Å². The van der Waals surface area contributed by atoms with Crippen molar-refractivity contribution < 1.29 is 24.5 Å². The summed E-state index contributed by atoms with van der Waals surface area (Å²) in [6.07, 6.45) is 6.65. The number of hydrogen-bond acceptors (Lipinski definition) is 5. The first-order valence-corrected chi connectivity index (χ1v) is 11.8. The number of allylic oxidation sites excluding steroid dienone is 3. The number of aromatic hydroxyl groups is 1. The van der Waals surface area contributed by atoms with Crippen LogP contribution in [0.25, 0.3) is 0 Å². The maximum Gasteiger partial charge on any atom is 0.338 e. The molecule has 4 rings (SSSR count). The Labute approximate surface area is 191 Å². The minimum Gasteiger partial charge on any atom is -0.508 e. The molecule has 5 nitrogen and oxygen atoms in total. The Morgan fingerprint density at radius 2 is 1.94 bits per heavy atom. The molecule has 0 spiro atoms. The molecule has 1 aromatic rings. The molecule has 5 heteroatoms. The van der Waals surface area contributed by atoms with Crippen LogP contribution in [0.5, 0.6) is 5.75 Å². The van der Waals surface area contributed by atoms with Crippen LogP contribution in [0.15, 0.2) is 41.0 Å². The normalized spacial score (nSPS) is 33.1. The fraction of sp³-hybridized carbons (Fsp3) is 0.593. The van der Waals surface area contributed by atoms with E-state index in [-0.39, 0.29) is 17.5 Å². The Morgan fingerprint density at radius 1 is 1.19 bits per heavy atom. The van der Waals surface area contributed by atoms with E-state index in [1.54, 1.807) is 32.0 Å². The Morgan fingerprint density at radius 3 is 2.66 bits per heavy atom. The van der Waals surface area contributed by atoms with Crippen molar-refractivity contribution in [2.45, 2.75) is 96.6 Å². The second-order valence-electron chi connectivity index (χ2n) is 10.6. The zero-order chi connectivity index (χ0) is 23.3. The highest BCUT2D eigenvalue weighted by atomic mass is 16.6. The minimum atomic E-state index is -1.17. The summed E-state index contributed by atoms with van der Waals surface area (Å²) in [4.78, 5) is 13.0. The average Bonchev–Trinajstić information content (AvgIpc) is 3.23. The number of fused-ring (bicyclic) bond motifs is 4. The van der Waals surface area contributed by atoms with Gasteiger partial charge in [0, 0.05) is 5.92 Å². The molecule has 0 saturated carbocycles. The van der Waals surface area contributed by atoms with Crippen molar-refractivity contribution in [2.75, 3.05) is 0 Å². The number of carbonyl (C=O) groups is 1. The van der Waals surface area contributed by atoms with Gasteiger partial charge in [-0.15, -0.1) is 0 Å². The van der Waals surface area contributed by atoms with Gasteiger partial charge in [-0.1, -0.05) is 22.8 Å². The molecule has 2 aliphatic heterocycles. The van der Waals surface area contributed by atoms with E-state index in [2.05, 4.69) is 26.8 Å². The molecule has 3 aliphatic rings. The highest BCUT2D eigenvalue weighted by Gasteiger charge is 2.51. The third-order valence-electron chi connectivity index (χ3n) is 7.65. The zero-order valence-corrected chi connectivity index (χ0v) is 19.9. The maximum atomic E-state index is 13.0. The number of carbonyl (C=O) groups excluding carboxylic acids is 1. The van der Waals surface area contributed by atoms with Gasteiger partial charge in [0.05, 0.1) is 22.9 Å². The molecule has 1 aliphatic carbocycles. The highest BCUT2D eigenvalue weighted by Crippen LogP contribution is 2.45. The predicted molar refractivity (Wildman–Crippen MR) is 124 cm³/mol. The van der Waals surface area contributed by atoms with Crippen LogP contribution in [0.3, 0.4) is 0 Å². The van der Waals surface area contributed by atoms with E-state index in [1.165, 1.54) is 16.7 Å². The van der Waals surface area contributed by atoms with Crippen molar-refractivity contribution >= 4 is 5.97 Å². The van der Waals surface area contributed by atoms with Gasteiger partial charge in [0.25, 0.3) is 0 Å². The van der Waals surface area contributed by atoms with Crippen molar-refractivity contribution in [2.24, 2.45) is 5.92 Å². The summed E-state index contributed by atoms with van der Waals surface area (Å²) in [5.41, 5.74) is 3.76. The van der Waals surface area contributed by atoms with Gasteiger partial charge in [0.15, 0.2) is 0 Å². The van der Waals surface area contributed by atoms with Crippen molar-refractivity contribution in [3.05, 3.63) is 52.1 Å². The molecular weight excluding hydrogens is 404 g/mol. The summed E-state index contributed by atoms with van der Waals surface area (Å²) in [5, 5.41) is 21.2. The van der Waals surface area contributed by atoms with Gasteiger partial charge >= 0.3 is 5.97 Å². The second-order valence-corrected chi connectivity index (χ2v) is 10.6. The SMILES string of the molecule is CC1=C2Cc3cc(ccc3O)C(=O)O[C@H](C(C)(C)O)CC[C@]3(C)O[C@H]3C/C=C(\C)C2CC1. The highest BCUT2D eigenvalue weighted by molar-refractivity contribution is 5.90. The molecule has 1 saturated heterocycles. The van der Waals surface area contributed by atoms with Gasteiger partial charge in [-0.25, -0.2) is 4.79 Å². The number of phenolic OH excluding ortho intramolecular Hbond substituents is 1. The van der Waals surface area contributed by atoms with E-state index in [0.29, 0.717) is 30.7 Å².